The molecule has 0 unspecified atom stereocenters. The van der Waals surface area contributed by atoms with E-state index in [0.717, 1.165) is 12.0 Å². The molecule has 2 N–H and O–H groups in total. The molecule has 0 atom stereocenters. The van der Waals surface area contributed by atoms with Crippen LogP contribution in [0.2, 0.25) is 0 Å². The van der Waals surface area contributed by atoms with Crippen molar-refractivity contribution in [1.82, 2.24) is 0 Å². The number of ketones is 1. The Labute approximate surface area is 119 Å². The molecule has 0 heterocycles. The van der Waals surface area contributed by atoms with Crippen LogP contribution in [0.5, 0.6) is 5.75 Å². The van der Waals surface area contributed by atoms with Crippen LogP contribution in [0, 0.1) is 6.92 Å². The van der Waals surface area contributed by atoms with E-state index in [1.54, 1.807) is 24.3 Å². The highest BCUT2D eigenvalue weighted by molar-refractivity contribution is 6.10. The van der Waals surface area contributed by atoms with Gasteiger partial charge in [0.15, 0.2) is 5.78 Å². The lowest BCUT2D eigenvalue weighted by Gasteiger charge is -2.11. The Hall–Kier alpha value is -2.29. The molecule has 0 amide bonds. The van der Waals surface area contributed by atoms with E-state index in [9.17, 15) is 4.79 Å². The standard InChI is InChI=1S/C17H19NO2/c1-3-10-20-16-9-4-12(2)11-15(16)17(19)13-5-7-14(18)8-6-13/h4-9,11H,3,10,18H2,1-2H3. The molecule has 0 aromatic heterocycles. The zero-order chi connectivity index (χ0) is 14.5. The summed E-state index contributed by atoms with van der Waals surface area (Å²) < 4.78 is 5.66. The number of hydrogen-bond donors (Lipinski definition) is 1. The maximum atomic E-state index is 12.6. The van der Waals surface area contributed by atoms with Crippen LogP contribution in [0.3, 0.4) is 0 Å². The number of aryl methyl sites for hydroxylation is 1. The Morgan fingerprint density at radius 3 is 2.50 bits per heavy atom. The second-order valence-electron chi connectivity index (χ2n) is 4.80. The first-order chi connectivity index (χ1) is 9.61. The summed E-state index contributed by atoms with van der Waals surface area (Å²) in [5.74, 6) is 0.596. The van der Waals surface area contributed by atoms with Crippen molar-refractivity contribution in [3.8, 4) is 5.75 Å². The smallest absolute Gasteiger partial charge is 0.196 e. The fourth-order valence-corrected chi connectivity index (χ4v) is 1.95. The Morgan fingerprint density at radius 1 is 1.15 bits per heavy atom. The van der Waals surface area contributed by atoms with E-state index in [0.29, 0.717) is 29.2 Å². The Balaban J connectivity index is 2.37. The summed E-state index contributed by atoms with van der Waals surface area (Å²) >= 11 is 0. The lowest BCUT2D eigenvalue weighted by molar-refractivity contribution is 0.103. The quantitative estimate of drug-likeness (QED) is 0.666. The number of ether oxygens (including phenoxy) is 1. The number of rotatable bonds is 5. The normalized spacial score (nSPS) is 10.3. The van der Waals surface area contributed by atoms with Crippen LogP contribution in [0.1, 0.15) is 34.8 Å². The molecule has 2 aromatic carbocycles. The fourth-order valence-electron chi connectivity index (χ4n) is 1.95. The zero-order valence-corrected chi connectivity index (χ0v) is 11.8. The Bertz CT molecular complexity index is 603. The predicted molar refractivity (Wildman–Crippen MR) is 81.3 cm³/mol. The molecule has 104 valence electrons. The van der Waals surface area contributed by atoms with Crippen LogP contribution in [0.25, 0.3) is 0 Å². The number of hydrogen-bond acceptors (Lipinski definition) is 3. The summed E-state index contributed by atoms with van der Waals surface area (Å²) in [5, 5.41) is 0. The van der Waals surface area contributed by atoms with E-state index in [-0.39, 0.29) is 5.78 Å². The average molecular weight is 269 g/mol. The lowest BCUT2D eigenvalue weighted by atomic mass is 10.0. The van der Waals surface area contributed by atoms with Crippen molar-refractivity contribution in [2.45, 2.75) is 20.3 Å². The molecule has 0 fully saturated rings. The van der Waals surface area contributed by atoms with Crippen LogP contribution < -0.4 is 10.5 Å². The van der Waals surface area contributed by atoms with Gasteiger partial charge in [0.25, 0.3) is 0 Å². The molecule has 0 saturated carbocycles. The monoisotopic (exact) mass is 269 g/mol. The fraction of sp³-hybridized carbons (Fsp3) is 0.235. The van der Waals surface area contributed by atoms with Gasteiger partial charge < -0.3 is 10.5 Å². The van der Waals surface area contributed by atoms with Gasteiger partial charge in [-0.05, 0) is 49.7 Å². The van der Waals surface area contributed by atoms with Crippen LogP contribution >= 0.6 is 0 Å². The second kappa shape index (κ2) is 6.24. The molecule has 0 radical (unpaired) electrons. The summed E-state index contributed by atoms with van der Waals surface area (Å²) in [7, 11) is 0. The largest absolute Gasteiger partial charge is 0.493 e. The van der Waals surface area contributed by atoms with E-state index < -0.39 is 0 Å². The van der Waals surface area contributed by atoms with E-state index >= 15 is 0 Å². The van der Waals surface area contributed by atoms with Crippen molar-refractivity contribution in [3.63, 3.8) is 0 Å². The van der Waals surface area contributed by atoms with Gasteiger partial charge in [0.05, 0.1) is 12.2 Å². The van der Waals surface area contributed by atoms with Crippen molar-refractivity contribution in [1.29, 1.82) is 0 Å². The van der Waals surface area contributed by atoms with Crippen molar-refractivity contribution < 1.29 is 9.53 Å². The topological polar surface area (TPSA) is 52.3 Å². The maximum Gasteiger partial charge on any atom is 0.196 e. The molecule has 2 aromatic rings. The molecule has 0 aliphatic rings. The van der Waals surface area contributed by atoms with Gasteiger partial charge >= 0.3 is 0 Å². The number of nitrogen functional groups attached to an aromatic ring is 1. The molecular formula is C17H19NO2. The first kappa shape index (κ1) is 14.1. The van der Waals surface area contributed by atoms with Crippen molar-refractivity contribution in [2.75, 3.05) is 12.3 Å². The first-order valence-corrected chi connectivity index (χ1v) is 6.75. The van der Waals surface area contributed by atoms with E-state index in [1.807, 2.05) is 32.0 Å². The molecular weight excluding hydrogens is 250 g/mol. The maximum absolute atomic E-state index is 12.6. The van der Waals surface area contributed by atoms with Gasteiger partial charge in [0.2, 0.25) is 0 Å². The predicted octanol–water partition coefficient (Wildman–Crippen LogP) is 3.60. The summed E-state index contributed by atoms with van der Waals surface area (Å²) in [6.45, 7) is 4.60. The summed E-state index contributed by atoms with van der Waals surface area (Å²) in [5.41, 5.74) is 8.55. The first-order valence-electron chi connectivity index (χ1n) is 6.75. The van der Waals surface area contributed by atoms with Crippen LogP contribution in [-0.2, 0) is 0 Å². The van der Waals surface area contributed by atoms with Crippen LogP contribution in [0.15, 0.2) is 42.5 Å². The molecule has 3 nitrogen and oxygen atoms in total. The minimum Gasteiger partial charge on any atom is -0.493 e. The molecule has 0 aliphatic heterocycles. The highest BCUT2D eigenvalue weighted by Gasteiger charge is 2.15. The third kappa shape index (κ3) is 3.18. The molecule has 0 aliphatic carbocycles. The molecule has 2 rings (SSSR count). The van der Waals surface area contributed by atoms with Gasteiger partial charge in [-0.1, -0.05) is 18.6 Å². The summed E-state index contributed by atoms with van der Waals surface area (Å²) in [6.07, 6.45) is 0.906. The number of carbonyl (C=O) groups is 1. The van der Waals surface area contributed by atoms with Gasteiger partial charge in [-0.2, -0.15) is 0 Å². The Morgan fingerprint density at radius 2 is 1.85 bits per heavy atom. The zero-order valence-electron chi connectivity index (χ0n) is 11.8. The number of carbonyl (C=O) groups excluding carboxylic acids is 1. The molecule has 20 heavy (non-hydrogen) atoms. The SMILES string of the molecule is CCCOc1ccc(C)cc1C(=O)c1ccc(N)cc1. The van der Waals surface area contributed by atoms with E-state index in [4.69, 9.17) is 10.5 Å². The van der Waals surface area contributed by atoms with Gasteiger partial charge in [-0.15, -0.1) is 0 Å². The summed E-state index contributed by atoms with van der Waals surface area (Å²) in [4.78, 5) is 12.6. The summed E-state index contributed by atoms with van der Waals surface area (Å²) in [6, 6.07) is 12.6. The van der Waals surface area contributed by atoms with Crippen molar-refractivity contribution in [3.05, 3.63) is 59.2 Å². The van der Waals surface area contributed by atoms with Gasteiger partial charge in [-0.3, -0.25) is 4.79 Å². The molecule has 3 heteroatoms. The van der Waals surface area contributed by atoms with Gasteiger partial charge in [0, 0.05) is 11.3 Å². The molecule has 0 saturated heterocycles. The lowest BCUT2D eigenvalue weighted by Crippen LogP contribution is -2.06. The van der Waals surface area contributed by atoms with Crippen LogP contribution in [-0.4, -0.2) is 12.4 Å². The van der Waals surface area contributed by atoms with Gasteiger partial charge in [-0.25, -0.2) is 0 Å². The highest BCUT2D eigenvalue weighted by Crippen LogP contribution is 2.24. The van der Waals surface area contributed by atoms with Crippen LogP contribution in [0.4, 0.5) is 5.69 Å². The average Bonchev–Trinajstić information content (AvgIpc) is 2.46. The molecule has 0 bridgehead atoms. The second-order valence-corrected chi connectivity index (χ2v) is 4.80. The van der Waals surface area contributed by atoms with E-state index in [1.165, 1.54) is 0 Å². The van der Waals surface area contributed by atoms with Crippen molar-refractivity contribution >= 4 is 11.5 Å². The highest BCUT2D eigenvalue weighted by atomic mass is 16.5. The minimum absolute atomic E-state index is 0.0418. The third-order valence-corrected chi connectivity index (χ3v) is 3.01. The van der Waals surface area contributed by atoms with Gasteiger partial charge in [0.1, 0.15) is 5.75 Å². The van der Waals surface area contributed by atoms with E-state index in [2.05, 4.69) is 0 Å². The Kier molecular flexibility index (Phi) is 4.41. The third-order valence-electron chi connectivity index (χ3n) is 3.01. The number of benzene rings is 2. The molecule has 0 spiro atoms. The van der Waals surface area contributed by atoms with Crippen molar-refractivity contribution in [2.24, 2.45) is 0 Å². The minimum atomic E-state index is -0.0418. The number of nitrogens with two attached hydrogens (primary N) is 1. The number of anilines is 1.